The van der Waals surface area contributed by atoms with Gasteiger partial charge in [-0.25, -0.2) is 0 Å². The fourth-order valence-corrected chi connectivity index (χ4v) is 2.81. The molecule has 4 N–H and O–H groups in total. The molecule has 0 fully saturated rings. The summed E-state index contributed by atoms with van der Waals surface area (Å²) in [6.45, 7) is 1.94. The number of halogens is 4. The van der Waals surface area contributed by atoms with Crippen LogP contribution in [-0.4, -0.2) is 21.4 Å². The van der Waals surface area contributed by atoms with Crippen LogP contribution in [-0.2, 0) is 0 Å². The van der Waals surface area contributed by atoms with Crippen LogP contribution in [0.3, 0.4) is 0 Å². The van der Waals surface area contributed by atoms with Gasteiger partial charge in [0.2, 0.25) is 0 Å². The molecule has 0 bridgehead atoms. The molecule has 0 aliphatic carbocycles. The van der Waals surface area contributed by atoms with E-state index in [1.165, 1.54) is 13.8 Å². The molecule has 0 aromatic carbocycles. The van der Waals surface area contributed by atoms with E-state index >= 15 is 0 Å². The van der Waals surface area contributed by atoms with Crippen molar-refractivity contribution in [3.63, 3.8) is 0 Å². The molecule has 0 atom stereocenters. The molecule has 0 spiro atoms. The van der Waals surface area contributed by atoms with Crippen molar-refractivity contribution in [1.29, 1.82) is 0 Å². The number of hydrogen-bond donors (Lipinski definition) is 2. The fraction of sp³-hybridized carbons (Fsp3) is 1.00. The summed E-state index contributed by atoms with van der Waals surface area (Å²) in [7, 11) is -8.27. The Morgan fingerprint density at radius 3 is 1.36 bits per heavy atom. The van der Waals surface area contributed by atoms with Crippen molar-refractivity contribution >= 4 is 8.29 Å². The Morgan fingerprint density at radius 2 is 1.18 bits per heavy atom. The molecule has 11 heavy (non-hydrogen) atoms. The van der Waals surface area contributed by atoms with Gasteiger partial charge in [-0.3, -0.25) is 0 Å². The van der Waals surface area contributed by atoms with Gasteiger partial charge >= 0.3 is 61.6 Å². The van der Waals surface area contributed by atoms with Crippen LogP contribution in [0.25, 0.3) is 0 Å². The maximum atomic E-state index is 12.5. The van der Waals surface area contributed by atoms with Gasteiger partial charge in [0.25, 0.3) is 0 Å². The zero-order valence-corrected chi connectivity index (χ0v) is 7.58. The minimum absolute atomic E-state index is 0.126. The van der Waals surface area contributed by atoms with Crippen LogP contribution < -0.4 is 9.96 Å². The predicted molar refractivity (Wildman–Crippen MR) is 35.1 cm³/mol. The van der Waals surface area contributed by atoms with Crippen LogP contribution >= 0.6 is 0 Å². The van der Waals surface area contributed by atoms with Crippen LogP contribution in [0.4, 0.5) is 16.4 Å². The summed E-state index contributed by atoms with van der Waals surface area (Å²) >= 11 is 0. The van der Waals surface area contributed by atoms with E-state index < -0.39 is 8.29 Å². The van der Waals surface area contributed by atoms with Crippen LogP contribution in [0.5, 0.6) is 0 Å². The standard InChI is InChI=1S/C4H14F4N2Si/c1-3-9-11(5,6,7,8)10-4-2/h3-4,9-10H2,1-2H3. The normalized spacial score (nSPS) is 19.1. The maximum absolute atomic E-state index is 12.5. The fourth-order valence-electron chi connectivity index (χ4n) is 0.936. The van der Waals surface area contributed by atoms with Crippen LogP contribution in [0, 0.1) is 0 Å². The average Bonchev–Trinajstić information content (AvgIpc) is 1.59. The zero-order chi connectivity index (χ0) is 9.24. The van der Waals surface area contributed by atoms with Crippen molar-refractivity contribution in [1.82, 2.24) is 0 Å². The molecule has 0 aliphatic heterocycles. The van der Waals surface area contributed by atoms with Gasteiger partial charge in [0.15, 0.2) is 0 Å². The minimum atomic E-state index is -8.27. The third-order valence-electron chi connectivity index (χ3n) is 1.26. The van der Waals surface area contributed by atoms with Gasteiger partial charge in [0.1, 0.15) is 0 Å². The molecule has 0 aliphatic rings. The number of quaternary nitrogens is 2. The van der Waals surface area contributed by atoms with E-state index in [0.29, 0.717) is 0 Å². The second-order valence-electron chi connectivity index (χ2n) is 2.69. The molecule has 2 nitrogen and oxygen atoms in total. The van der Waals surface area contributed by atoms with Gasteiger partial charge in [-0.2, -0.15) is 0 Å². The Balaban J connectivity index is 4.54. The van der Waals surface area contributed by atoms with E-state index in [4.69, 9.17) is 0 Å². The zero-order valence-electron chi connectivity index (χ0n) is 6.58. The van der Waals surface area contributed by atoms with E-state index in [-0.39, 0.29) is 23.1 Å². The van der Waals surface area contributed by atoms with Gasteiger partial charge < -0.3 is 0 Å². The van der Waals surface area contributed by atoms with Gasteiger partial charge in [0.05, 0.1) is 0 Å². The molecule has 7 heteroatoms. The summed E-state index contributed by atoms with van der Waals surface area (Å²) in [4.78, 5) is -0.252. The van der Waals surface area contributed by atoms with Crippen molar-refractivity contribution < 1.29 is 26.4 Å². The summed E-state index contributed by atoms with van der Waals surface area (Å²) in [5.74, 6) is 0. The topological polar surface area (TPSA) is 33.2 Å². The van der Waals surface area contributed by atoms with Crippen molar-refractivity contribution in [2.75, 3.05) is 13.1 Å². The summed E-state index contributed by atoms with van der Waals surface area (Å²) in [6, 6.07) is 0. The molecule has 0 heterocycles. The molecule has 0 aromatic heterocycles. The van der Waals surface area contributed by atoms with Crippen molar-refractivity contribution in [2.24, 2.45) is 0 Å². The number of hydrogen-bond acceptors (Lipinski definition) is 0. The Labute approximate surface area is 62.6 Å². The summed E-state index contributed by atoms with van der Waals surface area (Å²) < 4.78 is 50.0. The number of nitrogens with two attached hydrogens (primary N) is 2. The Hall–Kier alpha value is -0.143. The van der Waals surface area contributed by atoms with Crippen LogP contribution in [0.1, 0.15) is 13.8 Å². The first kappa shape index (κ1) is 10.9. The van der Waals surface area contributed by atoms with E-state index in [0.717, 1.165) is 0 Å². The predicted octanol–water partition coefficient (Wildman–Crippen LogP) is -0.632. The summed E-state index contributed by atoms with van der Waals surface area (Å²) in [5.41, 5.74) is 0. The van der Waals surface area contributed by atoms with Crippen molar-refractivity contribution in [3.8, 4) is 0 Å². The second kappa shape index (κ2) is 2.17. The molecule has 0 saturated carbocycles. The van der Waals surface area contributed by atoms with E-state index in [2.05, 4.69) is 0 Å². The van der Waals surface area contributed by atoms with E-state index in [1.54, 1.807) is 0 Å². The molecular formula is C4H14F4N2Si. The second-order valence-corrected chi connectivity index (χ2v) is 6.45. The first-order chi connectivity index (χ1) is 4.62. The SMILES string of the molecule is CC[NH2+][Si-2](F)(F)(F)(F)[NH2+]CC. The van der Waals surface area contributed by atoms with Crippen LogP contribution in [0.15, 0.2) is 0 Å². The summed E-state index contributed by atoms with van der Waals surface area (Å²) in [5, 5.41) is 0. The van der Waals surface area contributed by atoms with Crippen LogP contribution in [0.2, 0.25) is 0 Å². The molecule has 0 saturated heterocycles. The Bertz CT molecular complexity index is 138. The molecule has 0 aromatic rings. The Kier molecular flexibility index (Phi) is 2.15. The molecule has 0 amide bonds. The number of rotatable bonds is 4. The van der Waals surface area contributed by atoms with Crippen molar-refractivity contribution in [3.05, 3.63) is 0 Å². The molecule has 0 radical (unpaired) electrons. The van der Waals surface area contributed by atoms with E-state index in [1.807, 2.05) is 0 Å². The quantitative estimate of drug-likeness (QED) is 0.339. The van der Waals surface area contributed by atoms with Gasteiger partial charge in [-0.05, 0) is 0 Å². The van der Waals surface area contributed by atoms with Crippen molar-refractivity contribution in [2.45, 2.75) is 13.8 Å². The average molecular weight is 194 g/mol. The van der Waals surface area contributed by atoms with Gasteiger partial charge in [-0.1, -0.05) is 0 Å². The first-order valence-electron chi connectivity index (χ1n) is 3.56. The third kappa shape index (κ3) is 4.33. The molecule has 0 unspecified atom stereocenters. The Morgan fingerprint density at radius 1 is 0.909 bits per heavy atom. The van der Waals surface area contributed by atoms with E-state index in [9.17, 15) is 16.4 Å². The monoisotopic (exact) mass is 194 g/mol. The molecular weight excluding hydrogens is 180 g/mol. The molecule has 72 valence electrons. The van der Waals surface area contributed by atoms with Gasteiger partial charge in [0, 0.05) is 0 Å². The first-order valence-corrected chi connectivity index (χ1v) is 6.23. The summed E-state index contributed by atoms with van der Waals surface area (Å²) in [6.07, 6.45) is 0. The van der Waals surface area contributed by atoms with Gasteiger partial charge in [-0.15, -0.1) is 0 Å². The molecule has 0 rings (SSSR count). The third-order valence-corrected chi connectivity index (χ3v) is 3.78.